The number of esters is 1. The summed E-state index contributed by atoms with van der Waals surface area (Å²) in [7, 11) is 1.34. The third kappa shape index (κ3) is 5.69. The van der Waals surface area contributed by atoms with E-state index in [1.165, 1.54) is 13.2 Å². The number of aryl methyl sites for hydroxylation is 2. The van der Waals surface area contributed by atoms with Crippen LogP contribution in [-0.4, -0.2) is 28.8 Å². The fourth-order valence-corrected chi connectivity index (χ4v) is 2.82. The van der Waals surface area contributed by atoms with E-state index in [1.807, 2.05) is 6.92 Å². The number of amides is 1. The number of nitrogens with one attached hydrogen (secondary N) is 1. The normalized spacial score (nSPS) is 11.0. The first kappa shape index (κ1) is 20.7. The lowest BCUT2D eigenvalue weighted by atomic mass is 10.1. The molecule has 1 N–H and O–H groups in total. The molecule has 0 atom stereocenters. The van der Waals surface area contributed by atoms with Crippen molar-refractivity contribution in [1.29, 1.82) is 0 Å². The highest BCUT2D eigenvalue weighted by molar-refractivity contribution is 6.31. The summed E-state index contributed by atoms with van der Waals surface area (Å²) in [5.41, 5.74) is 2.90. The molecule has 1 aromatic carbocycles. The number of unbranched alkanes of at least 4 members (excludes halogenated alkanes) is 1. The van der Waals surface area contributed by atoms with Crippen LogP contribution in [0.25, 0.3) is 6.08 Å². The molecule has 0 saturated heterocycles. The molecule has 1 amide bonds. The largest absolute Gasteiger partial charge is 0.465 e. The van der Waals surface area contributed by atoms with E-state index in [1.54, 1.807) is 35.0 Å². The minimum Gasteiger partial charge on any atom is -0.465 e. The summed E-state index contributed by atoms with van der Waals surface area (Å²) >= 11 is 6.35. The van der Waals surface area contributed by atoms with Crippen LogP contribution in [0.15, 0.2) is 30.3 Å². The molecule has 1 aromatic heterocycles. The Bertz CT molecular complexity index is 826. The fraction of sp³-hybridized carbons (Fsp3) is 0.350. The monoisotopic (exact) mass is 389 g/mol. The van der Waals surface area contributed by atoms with Gasteiger partial charge < -0.3 is 10.1 Å². The van der Waals surface area contributed by atoms with Gasteiger partial charge >= 0.3 is 5.97 Å². The number of ether oxygens (including phenoxy) is 1. The molecular weight excluding hydrogens is 366 g/mol. The molecule has 144 valence electrons. The van der Waals surface area contributed by atoms with Crippen molar-refractivity contribution in [2.75, 3.05) is 7.11 Å². The van der Waals surface area contributed by atoms with Crippen molar-refractivity contribution in [3.05, 3.63) is 57.9 Å². The molecule has 0 bridgehead atoms. The smallest absolute Gasteiger partial charge is 0.337 e. The van der Waals surface area contributed by atoms with Crippen LogP contribution >= 0.6 is 11.6 Å². The topological polar surface area (TPSA) is 73.2 Å². The average Bonchev–Trinajstić information content (AvgIpc) is 2.95. The maximum absolute atomic E-state index is 12.1. The summed E-state index contributed by atoms with van der Waals surface area (Å²) in [5.74, 6) is -0.621. The lowest BCUT2D eigenvalue weighted by Crippen LogP contribution is -2.20. The lowest BCUT2D eigenvalue weighted by Gasteiger charge is -2.04. The van der Waals surface area contributed by atoms with Crippen molar-refractivity contribution in [2.24, 2.45) is 0 Å². The highest BCUT2D eigenvalue weighted by atomic mass is 35.5. The second-order valence-electron chi connectivity index (χ2n) is 6.11. The fourth-order valence-electron chi connectivity index (χ4n) is 2.50. The van der Waals surface area contributed by atoms with Crippen molar-refractivity contribution in [1.82, 2.24) is 15.1 Å². The molecule has 0 fully saturated rings. The standard InChI is InChI=1S/C20H24ClN3O3/c1-4-5-12-24-19(21)17(14(2)23-24)10-11-18(25)22-13-15-6-8-16(9-7-15)20(26)27-3/h6-11H,4-5,12-13H2,1-3H3,(H,22,25)/b11-10+. The molecule has 7 heteroatoms. The van der Waals surface area contributed by atoms with E-state index in [2.05, 4.69) is 22.1 Å². The second kappa shape index (κ2) is 9.92. The van der Waals surface area contributed by atoms with Gasteiger partial charge in [-0.05, 0) is 37.1 Å². The van der Waals surface area contributed by atoms with Crippen LogP contribution in [-0.2, 0) is 22.6 Å². The average molecular weight is 390 g/mol. The number of hydrogen-bond acceptors (Lipinski definition) is 4. The first-order valence-electron chi connectivity index (χ1n) is 8.82. The summed E-state index contributed by atoms with van der Waals surface area (Å²) in [6.45, 7) is 5.10. The molecule has 2 rings (SSSR count). The predicted octanol–water partition coefficient (Wildman–Crippen LogP) is 3.76. The molecule has 6 nitrogen and oxygen atoms in total. The highest BCUT2D eigenvalue weighted by Gasteiger charge is 2.11. The SMILES string of the molecule is CCCCn1nc(C)c(/C=C/C(=O)NCc2ccc(C(=O)OC)cc2)c1Cl. The van der Waals surface area contributed by atoms with Crippen LogP contribution in [0.5, 0.6) is 0 Å². The van der Waals surface area contributed by atoms with Crippen LogP contribution in [0.4, 0.5) is 0 Å². The Morgan fingerprint density at radius 3 is 2.63 bits per heavy atom. The maximum atomic E-state index is 12.1. The molecule has 0 saturated carbocycles. The summed E-state index contributed by atoms with van der Waals surface area (Å²) < 4.78 is 6.42. The van der Waals surface area contributed by atoms with Gasteiger partial charge in [0.05, 0.1) is 18.4 Å². The Labute approximate surface area is 164 Å². The van der Waals surface area contributed by atoms with Crippen LogP contribution in [0, 0.1) is 6.92 Å². The molecule has 0 aliphatic carbocycles. The van der Waals surface area contributed by atoms with Crippen molar-refractivity contribution in [3.8, 4) is 0 Å². The molecule has 2 aromatic rings. The Balaban J connectivity index is 1.94. The van der Waals surface area contributed by atoms with Crippen LogP contribution in [0.2, 0.25) is 5.15 Å². The predicted molar refractivity (Wildman–Crippen MR) is 106 cm³/mol. The lowest BCUT2D eigenvalue weighted by molar-refractivity contribution is -0.116. The van der Waals surface area contributed by atoms with Gasteiger partial charge in [0.1, 0.15) is 5.15 Å². The van der Waals surface area contributed by atoms with Gasteiger partial charge in [0, 0.05) is 24.7 Å². The molecule has 0 radical (unpaired) electrons. The zero-order chi connectivity index (χ0) is 19.8. The molecule has 0 aliphatic rings. The molecule has 0 spiro atoms. The first-order chi connectivity index (χ1) is 13.0. The van der Waals surface area contributed by atoms with Gasteiger partial charge in [0.25, 0.3) is 0 Å². The van der Waals surface area contributed by atoms with Gasteiger partial charge in [-0.25, -0.2) is 4.79 Å². The van der Waals surface area contributed by atoms with E-state index in [-0.39, 0.29) is 11.9 Å². The zero-order valence-corrected chi connectivity index (χ0v) is 16.5. The van der Waals surface area contributed by atoms with Gasteiger partial charge in [0.15, 0.2) is 0 Å². The minimum absolute atomic E-state index is 0.233. The molecule has 0 unspecified atom stereocenters. The van der Waals surface area contributed by atoms with Gasteiger partial charge in [-0.15, -0.1) is 0 Å². The maximum Gasteiger partial charge on any atom is 0.337 e. The molecule has 1 heterocycles. The van der Waals surface area contributed by atoms with Gasteiger partial charge in [0.2, 0.25) is 5.91 Å². The van der Waals surface area contributed by atoms with Crippen LogP contribution < -0.4 is 5.32 Å². The summed E-state index contributed by atoms with van der Waals surface area (Å²) in [5, 5.41) is 7.76. The van der Waals surface area contributed by atoms with Crippen molar-refractivity contribution >= 4 is 29.6 Å². The van der Waals surface area contributed by atoms with Crippen LogP contribution in [0.3, 0.4) is 0 Å². The zero-order valence-electron chi connectivity index (χ0n) is 15.8. The van der Waals surface area contributed by atoms with E-state index in [0.717, 1.165) is 36.2 Å². The first-order valence-corrected chi connectivity index (χ1v) is 9.20. The quantitative estimate of drug-likeness (QED) is 0.551. The van der Waals surface area contributed by atoms with E-state index in [9.17, 15) is 9.59 Å². The van der Waals surface area contributed by atoms with E-state index < -0.39 is 0 Å². The van der Waals surface area contributed by atoms with Crippen LogP contribution in [0.1, 0.15) is 46.9 Å². The molecule has 27 heavy (non-hydrogen) atoms. The Morgan fingerprint density at radius 2 is 2.00 bits per heavy atom. The third-order valence-electron chi connectivity index (χ3n) is 4.08. The van der Waals surface area contributed by atoms with Gasteiger partial charge in [-0.1, -0.05) is 37.1 Å². The molecule has 0 aliphatic heterocycles. The Hall–Kier alpha value is -2.60. The number of methoxy groups -OCH3 is 1. The number of halogens is 1. The van der Waals surface area contributed by atoms with Gasteiger partial charge in [-0.2, -0.15) is 5.10 Å². The summed E-state index contributed by atoms with van der Waals surface area (Å²) in [4.78, 5) is 23.5. The number of benzene rings is 1. The number of rotatable bonds is 8. The van der Waals surface area contributed by atoms with E-state index in [0.29, 0.717) is 17.3 Å². The minimum atomic E-state index is -0.389. The number of nitrogens with zero attached hydrogens (tertiary/aromatic N) is 2. The summed E-state index contributed by atoms with van der Waals surface area (Å²) in [6, 6.07) is 6.87. The number of carbonyl (C=O) groups excluding carboxylic acids is 2. The second-order valence-corrected chi connectivity index (χ2v) is 6.46. The number of hydrogen-bond donors (Lipinski definition) is 1. The van der Waals surface area contributed by atoms with E-state index >= 15 is 0 Å². The Kier molecular flexibility index (Phi) is 7.61. The van der Waals surface area contributed by atoms with Crippen molar-refractivity contribution in [3.63, 3.8) is 0 Å². The van der Waals surface area contributed by atoms with Crippen molar-refractivity contribution < 1.29 is 14.3 Å². The highest BCUT2D eigenvalue weighted by Crippen LogP contribution is 2.21. The van der Waals surface area contributed by atoms with Crippen molar-refractivity contribution in [2.45, 2.75) is 39.8 Å². The number of carbonyl (C=O) groups is 2. The van der Waals surface area contributed by atoms with Gasteiger partial charge in [-0.3, -0.25) is 9.48 Å². The molecular formula is C20H24ClN3O3. The van der Waals surface area contributed by atoms with E-state index in [4.69, 9.17) is 11.6 Å². The number of aromatic nitrogens is 2. The summed E-state index contributed by atoms with van der Waals surface area (Å²) in [6.07, 6.45) is 5.19. The Morgan fingerprint density at radius 1 is 1.30 bits per heavy atom. The third-order valence-corrected chi connectivity index (χ3v) is 4.47.